The van der Waals surface area contributed by atoms with Crippen LogP contribution in [-0.4, -0.2) is 51.5 Å². The van der Waals surface area contributed by atoms with Gasteiger partial charge in [0.15, 0.2) is 0 Å². The molecule has 0 spiro atoms. The van der Waals surface area contributed by atoms with Gasteiger partial charge in [0, 0.05) is 30.2 Å². The van der Waals surface area contributed by atoms with E-state index in [9.17, 15) is 4.79 Å². The van der Waals surface area contributed by atoms with Gasteiger partial charge in [0.05, 0.1) is 24.0 Å². The molecule has 0 saturated carbocycles. The Morgan fingerprint density at radius 3 is 2.67 bits per heavy atom. The SMILES string of the molecule is COc1cc2cccnc2cc1-c1ccc(C2=CCN(C(=O)O)CC2)nn1. The summed E-state index contributed by atoms with van der Waals surface area (Å²) in [4.78, 5) is 16.8. The molecule has 1 N–H and O–H groups in total. The van der Waals surface area contributed by atoms with Crippen LogP contribution in [-0.2, 0) is 0 Å². The quantitative estimate of drug-likeness (QED) is 0.767. The Balaban J connectivity index is 1.65. The highest BCUT2D eigenvalue weighted by Gasteiger charge is 2.18. The highest BCUT2D eigenvalue weighted by atomic mass is 16.5. The molecule has 0 radical (unpaired) electrons. The number of pyridine rings is 1. The third kappa shape index (κ3) is 3.31. The summed E-state index contributed by atoms with van der Waals surface area (Å²) in [5.41, 5.74) is 4.17. The summed E-state index contributed by atoms with van der Waals surface area (Å²) < 4.78 is 5.52. The minimum absolute atomic E-state index is 0.373. The zero-order chi connectivity index (χ0) is 18.8. The van der Waals surface area contributed by atoms with Crippen LogP contribution in [0.2, 0.25) is 0 Å². The molecule has 0 atom stereocenters. The standard InChI is InChI=1S/C20H18N4O3/c1-27-19-11-14-3-2-8-21-18(14)12-15(19)17-5-4-16(22-23-17)13-6-9-24(10-7-13)20(25)26/h2-6,8,11-12H,7,9-10H2,1H3,(H,25,26). The number of fused-ring (bicyclic) bond motifs is 1. The second kappa shape index (κ2) is 7.03. The number of benzene rings is 1. The number of hydrogen-bond donors (Lipinski definition) is 1. The van der Waals surface area contributed by atoms with Gasteiger partial charge in [0.25, 0.3) is 0 Å². The van der Waals surface area contributed by atoms with Crippen molar-refractivity contribution in [2.24, 2.45) is 0 Å². The van der Waals surface area contributed by atoms with Crippen molar-refractivity contribution < 1.29 is 14.6 Å². The van der Waals surface area contributed by atoms with E-state index in [1.54, 1.807) is 13.3 Å². The fourth-order valence-corrected chi connectivity index (χ4v) is 3.19. The van der Waals surface area contributed by atoms with Crippen molar-refractivity contribution >= 4 is 22.6 Å². The summed E-state index contributed by atoms with van der Waals surface area (Å²) in [5.74, 6) is 0.714. The Bertz CT molecular complexity index is 1030. The van der Waals surface area contributed by atoms with E-state index in [0.717, 1.165) is 27.7 Å². The molecule has 4 rings (SSSR count). The average molecular weight is 362 g/mol. The first-order chi connectivity index (χ1) is 13.2. The topological polar surface area (TPSA) is 88.4 Å². The van der Waals surface area contributed by atoms with Crippen LogP contribution in [0.3, 0.4) is 0 Å². The Kier molecular flexibility index (Phi) is 4.42. The first-order valence-corrected chi connectivity index (χ1v) is 8.60. The lowest BCUT2D eigenvalue weighted by molar-refractivity contribution is 0.150. The van der Waals surface area contributed by atoms with Gasteiger partial charge in [-0.05, 0) is 42.3 Å². The predicted molar refractivity (Wildman–Crippen MR) is 102 cm³/mol. The summed E-state index contributed by atoms with van der Waals surface area (Å²) in [6.07, 6.45) is 3.37. The molecule has 27 heavy (non-hydrogen) atoms. The van der Waals surface area contributed by atoms with Crippen molar-refractivity contribution in [3.8, 4) is 17.0 Å². The van der Waals surface area contributed by atoms with Gasteiger partial charge in [0.1, 0.15) is 5.75 Å². The molecule has 136 valence electrons. The number of carbonyl (C=O) groups is 1. The average Bonchev–Trinajstić information content (AvgIpc) is 2.73. The van der Waals surface area contributed by atoms with Crippen LogP contribution < -0.4 is 4.74 Å². The monoisotopic (exact) mass is 362 g/mol. The van der Waals surface area contributed by atoms with Gasteiger partial charge in [-0.1, -0.05) is 12.1 Å². The number of aromatic nitrogens is 3. The van der Waals surface area contributed by atoms with Crippen LogP contribution in [0, 0.1) is 0 Å². The highest BCUT2D eigenvalue weighted by molar-refractivity contribution is 5.87. The van der Waals surface area contributed by atoms with E-state index in [1.165, 1.54) is 4.90 Å². The van der Waals surface area contributed by atoms with Crippen molar-refractivity contribution in [1.29, 1.82) is 0 Å². The third-order valence-electron chi connectivity index (χ3n) is 4.67. The molecule has 7 heteroatoms. The van der Waals surface area contributed by atoms with E-state index in [4.69, 9.17) is 9.84 Å². The highest BCUT2D eigenvalue weighted by Crippen LogP contribution is 2.32. The lowest BCUT2D eigenvalue weighted by Gasteiger charge is -2.23. The van der Waals surface area contributed by atoms with E-state index in [0.29, 0.717) is 31.0 Å². The Labute approximate surface area is 155 Å². The Hall–Kier alpha value is -3.48. The molecule has 7 nitrogen and oxygen atoms in total. The van der Waals surface area contributed by atoms with Gasteiger partial charge >= 0.3 is 6.09 Å². The predicted octanol–water partition coefficient (Wildman–Crippen LogP) is 3.47. The normalized spacial score (nSPS) is 14.1. The third-order valence-corrected chi connectivity index (χ3v) is 4.67. The summed E-state index contributed by atoms with van der Waals surface area (Å²) in [7, 11) is 1.63. The largest absolute Gasteiger partial charge is 0.496 e. The minimum Gasteiger partial charge on any atom is -0.496 e. The molecule has 0 bridgehead atoms. The first-order valence-electron chi connectivity index (χ1n) is 8.60. The molecule has 2 aromatic heterocycles. The van der Waals surface area contributed by atoms with Crippen LogP contribution in [0.15, 0.2) is 48.7 Å². The lowest BCUT2D eigenvalue weighted by atomic mass is 10.0. The first kappa shape index (κ1) is 17.0. The maximum absolute atomic E-state index is 11.0. The fraction of sp³-hybridized carbons (Fsp3) is 0.200. The molecule has 0 aliphatic carbocycles. The molecule has 0 saturated heterocycles. The molecule has 1 amide bonds. The van der Waals surface area contributed by atoms with Crippen LogP contribution in [0.5, 0.6) is 5.75 Å². The van der Waals surface area contributed by atoms with E-state index in [-0.39, 0.29) is 0 Å². The summed E-state index contributed by atoms with van der Waals surface area (Å²) in [6.45, 7) is 0.840. The van der Waals surface area contributed by atoms with Gasteiger partial charge in [-0.25, -0.2) is 4.79 Å². The smallest absolute Gasteiger partial charge is 0.407 e. The zero-order valence-electron chi connectivity index (χ0n) is 14.8. The molecule has 3 aromatic rings. The van der Waals surface area contributed by atoms with Gasteiger partial charge < -0.3 is 14.7 Å². The number of carboxylic acid groups (broad SMARTS) is 1. The molecule has 0 unspecified atom stereocenters. The summed E-state index contributed by atoms with van der Waals surface area (Å²) in [6, 6.07) is 11.6. The number of rotatable bonds is 3. The molecular formula is C20H18N4O3. The summed E-state index contributed by atoms with van der Waals surface area (Å²) in [5, 5.41) is 18.7. The summed E-state index contributed by atoms with van der Waals surface area (Å²) >= 11 is 0. The minimum atomic E-state index is -0.899. The molecule has 1 aromatic carbocycles. The van der Waals surface area contributed by atoms with Crippen molar-refractivity contribution in [3.63, 3.8) is 0 Å². The number of amides is 1. The van der Waals surface area contributed by atoms with Gasteiger partial charge in [0.2, 0.25) is 0 Å². The van der Waals surface area contributed by atoms with Crippen LogP contribution in [0.25, 0.3) is 27.7 Å². The van der Waals surface area contributed by atoms with E-state index in [2.05, 4.69) is 15.2 Å². The van der Waals surface area contributed by atoms with Crippen molar-refractivity contribution in [1.82, 2.24) is 20.1 Å². The maximum atomic E-state index is 11.0. The van der Waals surface area contributed by atoms with Crippen molar-refractivity contribution in [2.45, 2.75) is 6.42 Å². The number of nitrogens with zero attached hydrogens (tertiary/aromatic N) is 4. The van der Waals surface area contributed by atoms with E-state index in [1.807, 2.05) is 42.5 Å². The second-order valence-electron chi connectivity index (χ2n) is 6.26. The van der Waals surface area contributed by atoms with E-state index < -0.39 is 6.09 Å². The molecule has 1 aliphatic rings. The molecular weight excluding hydrogens is 344 g/mol. The fourth-order valence-electron chi connectivity index (χ4n) is 3.19. The van der Waals surface area contributed by atoms with Gasteiger partial charge in [-0.3, -0.25) is 4.98 Å². The van der Waals surface area contributed by atoms with Crippen LogP contribution in [0.4, 0.5) is 4.79 Å². The van der Waals surface area contributed by atoms with Crippen molar-refractivity contribution in [2.75, 3.05) is 20.2 Å². The van der Waals surface area contributed by atoms with Crippen LogP contribution in [0.1, 0.15) is 12.1 Å². The zero-order valence-corrected chi connectivity index (χ0v) is 14.8. The molecule has 3 heterocycles. The Morgan fingerprint density at radius 1 is 1.19 bits per heavy atom. The Morgan fingerprint density at radius 2 is 2.00 bits per heavy atom. The lowest BCUT2D eigenvalue weighted by Crippen LogP contribution is -2.33. The van der Waals surface area contributed by atoms with Gasteiger partial charge in [-0.2, -0.15) is 5.10 Å². The maximum Gasteiger partial charge on any atom is 0.407 e. The number of hydrogen-bond acceptors (Lipinski definition) is 5. The second-order valence-corrected chi connectivity index (χ2v) is 6.26. The molecule has 0 fully saturated rings. The van der Waals surface area contributed by atoms with Crippen molar-refractivity contribution in [3.05, 3.63) is 54.4 Å². The number of methoxy groups -OCH3 is 1. The van der Waals surface area contributed by atoms with E-state index >= 15 is 0 Å². The number of ether oxygens (including phenoxy) is 1. The van der Waals surface area contributed by atoms with Crippen LogP contribution >= 0.6 is 0 Å². The molecule has 1 aliphatic heterocycles. The van der Waals surface area contributed by atoms with Gasteiger partial charge in [-0.15, -0.1) is 5.10 Å².